The molecule has 2 heterocycles. The third-order valence-electron chi connectivity index (χ3n) is 5.52. The molecule has 0 radical (unpaired) electrons. The van der Waals surface area contributed by atoms with Crippen LogP contribution >= 0.6 is 0 Å². The fraction of sp³-hybridized carbons (Fsp3) is 0.333. The van der Waals surface area contributed by atoms with Crippen LogP contribution in [0.4, 0.5) is 23.4 Å². The Morgan fingerprint density at radius 3 is 2.52 bits per heavy atom. The topological polar surface area (TPSA) is 56.7 Å². The lowest BCUT2D eigenvalue weighted by Crippen LogP contribution is -2.55. The molecule has 1 aromatic heterocycles. The molecule has 1 aliphatic rings. The molecule has 1 saturated heterocycles. The van der Waals surface area contributed by atoms with Gasteiger partial charge in [0.1, 0.15) is 6.04 Å². The van der Waals surface area contributed by atoms with Crippen molar-refractivity contribution in [2.24, 2.45) is 0 Å². The van der Waals surface area contributed by atoms with E-state index in [0.29, 0.717) is 28.8 Å². The molecule has 0 aliphatic carbocycles. The molecule has 1 aromatic carbocycles. The van der Waals surface area contributed by atoms with E-state index in [1.807, 2.05) is 0 Å². The number of aryl methyl sites for hydroxylation is 1. The van der Waals surface area contributed by atoms with Gasteiger partial charge < -0.3 is 10.0 Å². The van der Waals surface area contributed by atoms with Crippen LogP contribution in [0.2, 0.25) is 0 Å². The molecule has 3 rings (SSSR count). The number of aliphatic hydroxyl groups excluding tert-OH is 1. The highest BCUT2D eigenvalue weighted by atomic mass is 19.4. The maximum Gasteiger partial charge on any atom is 0.416 e. The van der Waals surface area contributed by atoms with Gasteiger partial charge in [-0.3, -0.25) is 9.69 Å². The summed E-state index contributed by atoms with van der Waals surface area (Å²) in [6, 6.07) is 5.21. The molecule has 0 saturated carbocycles. The molecule has 1 aliphatic heterocycles. The minimum absolute atomic E-state index is 0.0100. The number of carbonyl (C=O) groups excluding carboxylic acids is 1. The van der Waals surface area contributed by atoms with Gasteiger partial charge in [-0.15, -0.1) is 0 Å². The predicted octanol–water partition coefficient (Wildman–Crippen LogP) is 4.61. The van der Waals surface area contributed by atoms with E-state index in [9.17, 15) is 27.5 Å². The number of rotatable bonds is 7. The van der Waals surface area contributed by atoms with Crippen molar-refractivity contribution >= 4 is 11.7 Å². The second-order valence-corrected chi connectivity index (χ2v) is 8.09. The lowest BCUT2D eigenvalue weighted by Gasteiger charge is -2.43. The average Bonchev–Trinajstić information content (AvgIpc) is 2.75. The van der Waals surface area contributed by atoms with Gasteiger partial charge in [-0.2, -0.15) is 13.2 Å². The maximum absolute atomic E-state index is 14.6. The van der Waals surface area contributed by atoms with Crippen molar-refractivity contribution in [1.29, 1.82) is 0 Å². The Balaban J connectivity index is 1.89. The molecule has 1 fully saturated rings. The van der Waals surface area contributed by atoms with Gasteiger partial charge in [-0.1, -0.05) is 30.9 Å². The van der Waals surface area contributed by atoms with Crippen molar-refractivity contribution in [3.8, 4) is 0 Å². The molecule has 176 valence electrons. The standard InChI is InChI=1S/C24H25F4N3O2/c1-15(14-32)4-9-21-23(33)31(22-20(25)10-16(2)11-29-22)12-17(3)30(21)13-18-5-7-19(8-6-18)24(26,27)28/h5-8,10-11,21,32H,1,3-4,9,12-14H2,2H3. The Bertz CT molecular complexity index is 1050. The van der Waals surface area contributed by atoms with Crippen molar-refractivity contribution in [1.82, 2.24) is 9.88 Å². The predicted molar refractivity (Wildman–Crippen MR) is 117 cm³/mol. The van der Waals surface area contributed by atoms with Gasteiger partial charge in [-0.05, 0) is 49.1 Å². The van der Waals surface area contributed by atoms with Gasteiger partial charge in [0.15, 0.2) is 11.6 Å². The van der Waals surface area contributed by atoms with Gasteiger partial charge in [0.05, 0.1) is 18.7 Å². The number of anilines is 1. The molecule has 0 bridgehead atoms. The van der Waals surface area contributed by atoms with Crippen molar-refractivity contribution in [3.63, 3.8) is 0 Å². The zero-order valence-electron chi connectivity index (χ0n) is 18.2. The number of carbonyl (C=O) groups is 1. The highest BCUT2D eigenvalue weighted by molar-refractivity contribution is 5.98. The van der Waals surface area contributed by atoms with Gasteiger partial charge >= 0.3 is 6.18 Å². The number of piperazine rings is 1. The van der Waals surface area contributed by atoms with Crippen LogP contribution in [-0.4, -0.2) is 40.1 Å². The third-order valence-corrected chi connectivity index (χ3v) is 5.52. The normalized spacial score (nSPS) is 17.0. The number of benzene rings is 1. The van der Waals surface area contributed by atoms with Gasteiger partial charge in [-0.25, -0.2) is 9.37 Å². The largest absolute Gasteiger partial charge is 0.416 e. The Kier molecular flexibility index (Phi) is 7.22. The Morgan fingerprint density at radius 1 is 1.27 bits per heavy atom. The monoisotopic (exact) mass is 463 g/mol. The van der Waals surface area contributed by atoms with E-state index < -0.39 is 29.5 Å². The van der Waals surface area contributed by atoms with E-state index in [4.69, 9.17) is 0 Å². The number of aromatic nitrogens is 1. The molecule has 1 unspecified atom stereocenters. The lowest BCUT2D eigenvalue weighted by atomic mass is 9.99. The highest BCUT2D eigenvalue weighted by Crippen LogP contribution is 2.32. The minimum Gasteiger partial charge on any atom is -0.392 e. The van der Waals surface area contributed by atoms with E-state index in [-0.39, 0.29) is 31.9 Å². The molecule has 1 N–H and O–H groups in total. The van der Waals surface area contributed by atoms with Crippen LogP contribution in [-0.2, 0) is 17.5 Å². The van der Waals surface area contributed by atoms with E-state index in [2.05, 4.69) is 18.1 Å². The first-order valence-corrected chi connectivity index (χ1v) is 10.3. The quantitative estimate of drug-likeness (QED) is 0.482. The summed E-state index contributed by atoms with van der Waals surface area (Å²) in [7, 11) is 0. The van der Waals surface area contributed by atoms with Crippen LogP contribution in [0, 0.1) is 12.7 Å². The van der Waals surface area contributed by atoms with Crippen molar-refractivity contribution < 1.29 is 27.5 Å². The van der Waals surface area contributed by atoms with E-state index in [1.165, 1.54) is 29.3 Å². The summed E-state index contributed by atoms with van der Waals surface area (Å²) in [4.78, 5) is 20.4. The first kappa shape index (κ1) is 24.4. The number of hydrogen-bond acceptors (Lipinski definition) is 4. The SMILES string of the molecule is C=C(CO)CCC1C(=O)N(c2ncc(C)cc2F)CC(=C)N1Cc1ccc(C(F)(F)F)cc1. The fourth-order valence-electron chi connectivity index (χ4n) is 3.71. The highest BCUT2D eigenvalue weighted by Gasteiger charge is 2.38. The third kappa shape index (κ3) is 5.60. The summed E-state index contributed by atoms with van der Waals surface area (Å²) in [5.74, 6) is -1.15. The van der Waals surface area contributed by atoms with E-state index >= 15 is 0 Å². The summed E-state index contributed by atoms with van der Waals surface area (Å²) in [6.07, 6.45) is -2.38. The Labute approximate surface area is 189 Å². The summed E-state index contributed by atoms with van der Waals surface area (Å²) in [6.45, 7) is 9.37. The second kappa shape index (κ2) is 9.74. The maximum atomic E-state index is 14.6. The van der Waals surface area contributed by atoms with Gasteiger partial charge in [0.25, 0.3) is 5.91 Å². The molecular formula is C24H25F4N3O2. The van der Waals surface area contributed by atoms with Crippen molar-refractivity contribution in [2.75, 3.05) is 18.1 Å². The number of pyridine rings is 1. The van der Waals surface area contributed by atoms with Crippen molar-refractivity contribution in [2.45, 2.75) is 38.5 Å². The zero-order chi connectivity index (χ0) is 24.3. The summed E-state index contributed by atoms with van der Waals surface area (Å²) < 4.78 is 53.2. The minimum atomic E-state index is -4.44. The molecule has 2 aromatic rings. The van der Waals surface area contributed by atoms with Crippen LogP contribution in [0.15, 0.2) is 61.0 Å². The summed E-state index contributed by atoms with van der Waals surface area (Å²) in [5, 5.41) is 9.29. The van der Waals surface area contributed by atoms with Gasteiger partial charge in [0.2, 0.25) is 0 Å². The lowest BCUT2D eigenvalue weighted by molar-refractivity contribution is -0.137. The van der Waals surface area contributed by atoms with Crippen molar-refractivity contribution in [3.05, 3.63) is 83.5 Å². The second-order valence-electron chi connectivity index (χ2n) is 8.09. The first-order chi connectivity index (χ1) is 15.5. The molecule has 9 heteroatoms. The molecule has 33 heavy (non-hydrogen) atoms. The smallest absolute Gasteiger partial charge is 0.392 e. The molecule has 5 nitrogen and oxygen atoms in total. The number of halogens is 4. The van der Waals surface area contributed by atoms with E-state index in [0.717, 1.165) is 12.1 Å². The van der Waals surface area contributed by atoms with Crippen LogP contribution in [0.5, 0.6) is 0 Å². The molecule has 1 atom stereocenters. The van der Waals surface area contributed by atoms with E-state index in [1.54, 1.807) is 11.8 Å². The fourth-order valence-corrected chi connectivity index (χ4v) is 3.71. The summed E-state index contributed by atoms with van der Waals surface area (Å²) in [5.41, 5.74) is 1.44. The van der Waals surface area contributed by atoms with Crippen LogP contribution < -0.4 is 4.90 Å². The Hall–Kier alpha value is -3.20. The summed E-state index contributed by atoms with van der Waals surface area (Å²) >= 11 is 0. The number of alkyl halides is 3. The first-order valence-electron chi connectivity index (χ1n) is 10.3. The van der Waals surface area contributed by atoms with Crippen LogP contribution in [0.25, 0.3) is 0 Å². The number of nitrogens with zero attached hydrogens (tertiary/aromatic N) is 3. The van der Waals surface area contributed by atoms with Crippen LogP contribution in [0.1, 0.15) is 29.5 Å². The molecular weight excluding hydrogens is 438 g/mol. The van der Waals surface area contributed by atoms with Crippen LogP contribution in [0.3, 0.4) is 0 Å². The number of aliphatic hydroxyl groups is 1. The Morgan fingerprint density at radius 2 is 1.94 bits per heavy atom. The molecule has 0 spiro atoms. The number of amides is 1. The zero-order valence-corrected chi connectivity index (χ0v) is 18.2. The average molecular weight is 463 g/mol. The van der Waals surface area contributed by atoms with Gasteiger partial charge in [0, 0.05) is 18.4 Å². The number of hydrogen-bond donors (Lipinski definition) is 1. The molecule has 1 amide bonds.